The van der Waals surface area contributed by atoms with E-state index in [0.717, 1.165) is 18.5 Å². The van der Waals surface area contributed by atoms with Gasteiger partial charge >= 0.3 is 0 Å². The standard InChI is InChI=1S/C19H30N4O3/c1-4-23-17(12-16(20-23)14(2)3)19(25)22-7-5-6-15(13-22)18(24)21-8-10-26-11-9-21/h12,14-15H,4-11,13H2,1-3H3/t15-/m0/s1. The van der Waals surface area contributed by atoms with E-state index in [4.69, 9.17) is 4.74 Å². The van der Waals surface area contributed by atoms with Crippen LogP contribution in [0.1, 0.15) is 55.7 Å². The molecule has 0 N–H and O–H groups in total. The lowest BCUT2D eigenvalue weighted by atomic mass is 9.96. The van der Waals surface area contributed by atoms with Crippen LogP contribution in [-0.4, -0.2) is 70.8 Å². The first-order chi connectivity index (χ1) is 12.5. The van der Waals surface area contributed by atoms with Crippen molar-refractivity contribution in [3.8, 4) is 0 Å². The van der Waals surface area contributed by atoms with Gasteiger partial charge in [-0.3, -0.25) is 14.3 Å². The molecule has 3 heterocycles. The second-order valence-corrected chi connectivity index (χ2v) is 7.45. The molecule has 7 heteroatoms. The number of hydrogen-bond acceptors (Lipinski definition) is 4. The predicted molar refractivity (Wildman–Crippen MR) is 98.0 cm³/mol. The Morgan fingerprint density at radius 3 is 2.62 bits per heavy atom. The van der Waals surface area contributed by atoms with Crippen LogP contribution in [0.5, 0.6) is 0 Å². The van der Waals surface area contributed by atoms with E-state index in [0.29, 0.717) is 51.6 Å². The minimum Gasteiger partial charge on any atom is -0.378 e. The number of aromatic nitrogens is 2. The summed E-state index contributed by atoms with van der Waals surface area (Å²) in [6.07, 6.45) is 1.72. The first-order valence-corrected chi connectivity index (χ1v) is 9.74. The lowest BCUT2D eigenvalue weighted by Gasteiger charge is -2.36. The van der Waals surface area contributed by atoms with Gasteiger partial charge in [0, 0.05) is 32.7 Å². The number of morpholine rings is 1. The average Bonchev–Trinajstić information content (AvgIpc) is 3.12. The van der Waals surface area contributed by atoms with Crippen LogP contribution >= 0.6 is 0 Å². The Morgan fingerprint density at radius 1 is 1.23 bits per heavy atom. The summed E-state index contributed by atoms with van der Waals surface area (Å²) in [6, 6.07) is 1.91. The molecule has 144 valence electrons. The third-order valence-electron chi connectivity index (χ3n) is 5.29. The Hall–Kier alpha value is -1.89. The van der Waals surface area contributed by atoms with E-state index < -0.39 is 0 Å². The summed E-state index contributed by atoms with van der Waals surface area (Å²) in [6.45, 7) is 10.5. The van der Waals surface area contributed by atoms with Crippen LogP contribution in [0, 0.1) is 5.92 Å². The van der Waals surface area contributed by atoms with Crippen molar-refractivity contribution in [2.75, 3.05) is 39.4 Å². The maximum atomic E-state index is 13.1. The number of aryl methyl sites for hydroxylation is 1. The number of carbonyl (C=O) groups excluding carboxylic acids is 2. The molecule has 1 aromatic rings. The van der Waals surface area contributed by atoms with Gasteiger partial charge in [-0.25, -0.2) is 0 Å². The van der Waals surface area contributed by atoms with E-state index >= 15 is 0 Å². The maximum absolute atomic E-state index is 13.1. The molecule has 0 aromatic carbocycles. The second-order valence-electron chi connectivity index (χ2n) is 7.45. The molecule has 2 aliphatic rings. The summed E-state index contributed by atoms with van der Waals surface area (Å²) < 4.78 is 7.12. The number of ether oxygens (including phenoxy) is 1. The molecule has 2 saturated heterocycles. The molecule has 2 amide bonds. The highest BCUT2D eigenvalue weighted by molar-refractivity contribution is 5.93. The number of amides is 2. The summed E-state index contributed by atoms with van der Waals surface area (Å²) in [5, 5.41) is 4.55. The Kier molecular flexibility index (Phi) is 5.96. The number of rotatable bonds is 4. The fourth-order valence-electron chi connectivity index (χ4n) is 3.70. The number of nitrogens with zero attached hydrogens (tertiary/aromatic N) is 4. The average molecular weight is 362 g/mol. The van der Waals surface area contributed by atoms with Crippen LogP contribution in [0.3, 0.4) is 0 Å². The number of likely N-dealkylation sites (tertiary alicyclic amines) is 1. The molecule has 2 aliphatic heterocycles. The van der Waals surface area contributed by atoms with E-state index in [-0.39, 0.29) is 23.7 Å². The SMILES string of the molecule is CCn1nc(C(C)C)cc1C(=O)N1CCC[C@H](C(=O)N2CCOCC2)C1. The molecule has 0 spiro atoms. The van der Waals surface area contributed by atoms with E-state index in [2.05, 4.69) is 18.9 Å². The highest BCUT2D eigenvalue weighted by Gasteiger charge is 2.33. The van der Waals surface area contributed by atoms with Crippen LogP contribution in [0.4, 0.5) is 0 Å². The number of piperidine rings is 1. The Bertz CT molecular complexity index is 649. The quantitative estimate of drug-likeness (QED) is 0.818. The van der Waals surface area contributed by atoms with Crippen LogP contribution in [0.2, 0.25) is 0 Å². The van der Waals surface area contributed by atoms with Gasteiger partial charge in [-0.1, -0.05) is 13.8 Å². The molecule has 26 heavy (non-hydrogen) atoms. The zero-order chi connectivity index (χ0) is 18.7. The fraction of sp³-hybridized carbons (Fsp3) is 0.737. The van der Waals surface area contributed by atoms with Crippen molar-refractivity contribution in [3.63, 3.8) is 0 Å². The van der Waals surface area contributed by atoms with Crippen molar-refractivity contribution in [1.82, 2.24) is 19.6 Å². The maximum Gasteiger partial charge on any atom is 0.272 e. The fourth-order valence-corrected chi connectivity index (χ4v) is 3.70. The van der Waals surface area contributed by atoms with Gasteiger partial charge < -0.3 is 14.5 Å². The van der Waals surface area contributed by atoms with Gasteiger partial charge in [0.15, 0.2) is 0 Å². The summed E-state index contributed by atoms with van der Waals surface area (Å²) in [5.74, 6) is 0.336. The summed E-state index contributed by atoms with van der Waals surface area (Å²) in [7, 11) is 0. The van der Waals surface area contributed by atoms with Crippen LogP contribution in [-0.2, 0) is 16.1 Å². The highest BCUT2D eigenvalue weighted by Crippen LogP contribution is 2.23. The van der Waals surface area contributed by atoms with Crippen molar-refractivity contribution < 1.29 is 14.3 Å². The second kappa shape index (κ2) is 8.20. The molecule has 0 aliphatic carbocycles. The van der Waals surface area contributed by atoms with Crippen molar-refractivity contribution in [3.05, 3.63) is 17.5 Å². The molecule has 7 nitrogen and oxygen atoms in total. The minimum atomic E-state index is -0.103. The van der Waals surface area contributed by atoms with Crippen LogP contribution in [0.25, 0.3) is 0 Å². The summed E-state index contributed by atoms with van der Waals surface area (Å²) in [4.78, 5) is 29.6. The molecule has 0 bridgehead atoms. The number of hydrogen-bond donors (Lipinski definition) is 0. The van der Waals surface area contributed by atoms with Gasteiger partial charge in [-0.2, -0.15) is 5.10 Å². The van der Waals surface area contributed by atoms with E-state index in [1.54, 1.807) is 4.68 Å². The third-order valence-corrected chi connectivity index (χ3v) is 5.29. The first kappa shape index (κ1) is 18.9. The van der Waals surface area contributed by atoms with Gasteiger partial charge in [0.25, 0.3) is 5.91 Å². The zero-order valence-corrected chi connectivity index (χ0v) is 16.1. The van der Waals surface area contributed by atoms with Crippen molar-refractivity contribution in [2.24, 2.45) is 5.92 Å². The van der Waals surface area contributed by atoms with Crippen LogP contribution in [0.15, 0.2) is 6.07 Å². The topological polar surface area (TPSA) is 67.7 Å². The lowest BCUT2D eigenvalue weighted by molar-refractivity contribution is -0.141. The Balaban J connectivity index is 1.71. The summed E-state index contributed by atoms with van der Waals surface area (Å²) in [5.41, 5.74) is 1.57. The Labute approximate surface area is 155 Å². The van der Waals surface area contributed by atoms with Crippen molar-refractivity contribution >= 4 is 11.8 Å². The predicted octanol–water partition coefficient (Wildman–Crippen LogP) is 1.74. The monoisotopic (exact) mass is 362 g/mol. The van der Waals surface area contributed by atoms with Gasteiger partial charge in [-0.15, -0.1) is 0 Å². The number of carbonyl (C=O) groups is 2. The van der Waals surface area contributed by atoms with Gasteiger partial charge in [0.1, 0.15) is 5.69 Å². The van der Waals surface area contributed by atoms with Gasteiger partial charge in [-0.05, 0) is 31.7 Å². The van der Waals surface area contributed by atoms with Crippen molar-refractivity contribution in [1.29, 1.82) is 0 Å². The van der Waals surface area contributed by atoms with Gasteiger partial charge in [0.05, 0.1) is 24.8 Å². The van der Waals surface area contributed by atoms with Crippen molar-refractivity contribution in [2.45, 2.75) is 46.1 Å². The molecule has 0 unspecified atom stereocenters. The lowest BCUT2D eigenvalue weighted by Crippen LogP contribution is -2.49. The highest BCUT2D eigenvalue weighted by atomic mass is 16.5. The normalized spacial score (nSPS) is 21.3. The molecule has 1 aromatic heterocycles. The molecule has 0 saturated carbocycles. The molecular weight excluding hydrogens is 332 g/mol. The third kappa shape index (κ3) is 3.92. The Morgan fingerprint density at radius 2 is 1.96 bits per heavy atom. The van der Waals surface area contributed by atoms with Gasteiger partial charge in [0.2, 0.25) is 5.91 Å². The van der Waals surface area contributed by atoms with Crippen LogP contribution < -0.4 is 0 Å². The zero-order valence-electron chi connectivity index (χ0n) is 16.1. The summed E-state index contributed by atoms with van der Waals surface area (Å²) >= 11 is 0. The van der Waals surface area contributed by atoms with E-state index in [1.165, 1.54) is 0 Å². The van der Waals surface area contributed by atoms with E-state index in [9.17, 15) is 9.59 Å². The first-order valence-electron chi connectivity index (χ1n) is 9.74. The largest absolute Gasteiger partial charge is 0.378 e. The molecule has 2 fully saturated rings. The minimum absolute atomic E-state index is 0.00859. The molecule has 1 atom stereocenters. The molecular formula is C19H30N4O3. The molecule has 0 radical (unpaired) electrons. The molecule has 3 rings (SSSR count). The van der Waals surface area contributed by atoms with E-state index in [1.807, 2.05) is 22.8 Å². The smallest absolute Gasteiger partial charge is 0.272 e.